The monoisotopic (exact) mass is 267 g/mol. The minimum absolute atomic E-state index is 0.258. The van der Waals surface area contributed by atoms with Crippen LogP contribution in [0.3, 0.4) is 0 Å². The second kappa shape index (κ2) is 8.33. The maximum absolute atomic E-state index is 10.0. The first kappa shape index (κ1) is 16.2. The van der Waals surface area contributed by atoms with Crippen LogP contribution in [0.2, 0.25) is 0 Å². The van der Waals surface area contributed by atoms with E-state index in [0.29, 0.717) is 18.5 Å². The second-order valence-electron chi connectivity index (χ2n) is 5.32. The molecule has 0 aromatic carbocycles. The Kier molecular flexibility index (Phi) is 7.10. The van der Waals surface area contributed by atoms with Crippen molar-refractivity contribution < 1.29 is 5.11 Å². The predicted octanol–water partition coefficient (Wildman–Crippen LogP) is 2.74. The van der Waals surface area contributed by atoms with Gasteiger partial charge in [-0.1, -0.05) is 33.6 Å². The third-order valence-corrected chi connectivity index (χ3v) is 3.96. The number of aliphatic hydroxyl groups excluding tert-OH is 1. The number of nitrogens with one attached hydrogen (secondary N) is 1. The van der Waals surface area contributed by atoms with Crippen LogP contribution >= 0.6 is 0 Å². The van der Waals surface area contributed by atoms with Gasteiger partial charge < -0.3 is 10.4 Å². The SMILES string of the molecule is CCC(CC)C(O)CNCc1ccn(C(C)CC)n1. The van der Waals surface area contributed by atoms with Crippen LogP contribution in [0, 0.1) is 5.92 Å². The molecule has 4 nitrogen and oxygen atoms in total. The van der Waals surface area contributed by atoms with E-state index in [-0.39, 0.29) is 6.10 Å². The molecule has 0 saturated carbocycles. The number of hydrogen-bond acceptors (Lipinski definition) is 3. The summed E-state index contributed by atoms with van der Waals surface area (Å²) in [7, 11) is 0. The van der Waals surface area contributed by atoms with Crippen LogP contribution in [0.25, 0.3) is 0 Å². The van der Waals surface area contributed by atoms with Crippen molar-refractivity contribution in [1.29, 1.82) is 0 Å². The van der Waals surface area contributed by atoms with Gasteiger partial charge in [0.25, 0.3) is 0 Å². The van der Waals surface area contributed by atoms with Gasteiger partial charge in [0.15, 0.2) is 0 Å². The van der Waals surface area contributed by atoms with E-state index in [2.05, 4.69) is 38.1 Å². The lowest BCUT2D eigenvalue weighted by molar-refractivity contribution is 0.101. The zero-order chi connectivity index (χ0) is 14.3. The van der Waals surface area contributed by atoms with Gasteiger partial charge in [0.05, 0.1) is 11.8 Å². The van der Waals surface area contributed by atoms with Gasteiger partial charge >= 0.3 is 0 Å². The van der Waals surface area contributed by atoms with Crippen molar-refractivity contribution in [2.24, 2.45) is 5.92 Å². The van der Waals surface area contributed by atoms with Gasteiger partial charge in [0.2, 0.25) is 0 Å². The Morgan fingerprint density at radius 3 is 2.53 bits per heavy atom. The maximum Gasteiger partial charge on any atom is 0.0762 e. The first-order valence-corrected chi connectivity index (χ1v) is 7.55. The van der Waals surface area contributed by atoms with Crippen molar-refractivity contribution in [3.8, 4) is 0 Å². The number of nitrogens with zero attached hydrogens (tertiary/aromatic N) is 2. The van der Waals surface area contributed by atoms with Crippen molar-refractivity contribution in [2.75, 3.05) is 6.54 Å². The van der Waals surface area contributed by atoms with Gasteiger partial charge in [-0.15, -0.1) is 0 Å². The third kappa shape index (κ3) is 4.96. The van der Waals surface area contributed by atoms with E-state index in [0.717, 1.165) is 31.5 Å². The molecule has 0 aliphatic carbocycles. The molecule has 1 heterocycles. The number of aliphatic hydroxyl groups is 1. The lowest BCUT2D eigenvalue weighted by Crippen LogP contribution is -2.32. The molecule has 0 aliphatic rings. The zero-order valence-corrected chi connectivity index (χ0v) is 12.8. The zero-order valence-electron chi connectivity index (χ0n) is 12.8. The summed E-state index contributed by atoms with van der Waals surface area (Å²) in [5.41, 5.74) is 1.04. The molecule has 110 valence electrons. The fourth-order valence-electron chi connectivity index (χ4n) is 2.25. The van der Waals surface area contributed by atoms with Crippen molar-refractivity contribution in [1.82, 2.24) is 15.1 Å². The molecule has 1 aromatic heterocycles. The predicted molar refractivity (Wildman–Crippen MR) is 79.0 cm³/mol. The average Bonchev–Trinajstić information content (AvgIpc) is 2.88. The summed E-state index contributed by atoms with van der Waals surface area (Å²) in [5.74, 6) is 0.394. The highest BCUT2D eigenvalue weighted by Gasteiger charge is 2.14. The number of hydrogen-bond donors (Lipinski definition) is 2. The maximum atomic E-state index is 10.0. The summed E-state index contributed by atoms with van der Waals surface area (Å²) in [6, 6.07) is 2.49. The molecule has 1 rings (SSSR count). The van der Waals surface area contributed by atoms with Gasteiger partial charge in [-0.05, 0) is 25.3 Å². The Bertz CT molecular complexity index is 347. The summed E-state index contributed by atoms with van der Waals surface area (Å²) in [6.07, 6.45) is 4.92. The molecule has 1 aromatic rings. The molecule has 0 saturated heterocycles. The molecular formula is C15H29N3O. The highest BCUT2D eigenvalue weighted by atomic mass is 16.3. The molecule has 2 N–H and O–H groups in total. The van der Waals surface area contributed by atoms with Crippen molar-refractivity contribution >= 4 is 0 Å². The van der Waals surface area contributed by atoms with Crippen LogP contribution in [0.1, 0.15) is 58.7 Å². The molecule has 0 aliphatic heterocycles. The van der Waals surface area contributed by atoms with Crippen LogP contribution < -0.4 is 5.32 Å². The van der Waals surface area contributed by atoms with Crippen LogP contribution in [0.5, 0.6) is 0 Å². The first-order chi connectivity index (χ1) is 9.12. The topological polar surface area (TPSA) is 50.1 Å². The Morgan fingerprint density at radius 2 is 1.95 bits per heavy atom. The smallest absolute Gasteiger partial charge is 0.0762 e. The quantitative estimate of drug-likeness (QED) is 0.723. The molecule has 0 radical (unpaired) electrons. The van der Waals surface area contributed by atoms with Crippen molar-refractivity contribution in [3.63, 3.8) is 0 Å². The average molecular weight is 267 g/mol. The lowest BCUT2D eigenvalue weighted by atomic mass is 9.96. The van der Waals surface area contributed by atoms with Gasteiger partial charge in [-0.2, -0.15) is 5.10 Å². The van der Waals surface area contributed by atoms with Crippen molar-refractivity contribution in [3.05, 3.63) is 18.0 Å². The molecular weight excluding hydrogens is 238 g/mol. The van der Waals surface area contributed by atoms with Crippen LogP contribution in [-0.4, -0.2) is 27.5 Å². The van der Waals surface area contributed by atoms with E-state index in [1.807, 2.05) is 16.9 Å². The van der Waals surface area contributed by atoms with Gasteiger partial charge in [-0.25, -0.2) is 0 Å². The standard InChI is InChI=1S/C15H29N3O/c1-5-12(4)18-9-8-14(17-18)10-16-11-15(19)13(6-2)7-3/h8-9,12-13,15-16,19H,5-7,10-11H2,1-4H3. The second-order valence-corrected chi connectivity index (χ2v) is 5.32. The summed E-state index contributed by atoms with van der Waals surface area (Å²) >= 11 is 0. The Morgan fingerprint density at radius 1 is 1.26 bits per heavy atom. The molecule has 2 unspecified atom stereocenters. The molecule has 4 heteroatoms. The Labute approximate surface area is 117 Å². The normalized spacial score (nSPS) is 14.8. The summed E-state index contributed by atoms with van der Waals surface area (Å²) in [5, 5.41) is 17.9. The lowest BCUT2D eigenvalue weighted by Gasteiger charge is -2.20. The highest BCUT2D eigenvalue weighted by molar-refractivity contribution is 4.99. The van der Waals surface area contributed by atoms with E-state index in [9.17, 15) is 5.11 Å². The van der Waals surface area contributed by atoms with E-state index in [1.165, 1.54) is 0 Å². The van der Waals surface area contributed by atoms with Crippen LogP contribution in [0.15, 0.2) is 12.3 Å². The highest BCUT2D eigenvalue weighted by Crippen LogP contribution is 2.12. The summed E-state index contributed by atoms with van der Waals surface area (Å²) < 4.78 is 2.01. The molecule has 2 atom stereocenters. The molecule has 0 fully saturated rings. The number of aromatic nitrogens is 2. The van der Waals surface area contributed by atoms with E-state index >= 15 is 0 Å². The van der Waals surface area contributed by atoms with Gasteiger partial charge in [0.1, 0.15) is 0 Å². The van der Waals surface area contributed by atoms with Crippen molar-refractivity contribution in [2.45, 2.75) is 65.6 Å². The van der Waals surface area contributed by atoms with E-state index in [4.69, 9.17) is 0 Å². The summed E-state index contributed by atoms with van der Waals surface area (Å²) in [6.45, 7) is 9.96. The minimum Gasteiger partial charge on any atom is -0.392 e. The fraction of sp³-hybridized carbons (Fsp3) is 0.800. The van der Waals surface area contributed by atoms with Gasteiger partial charge in [-0.3, -0.25) is 4.68 Å². The first-order valence-electron chi connectivity index (χ1n) is 7.55. The van der Waals surface area contributed by atoms with Crippen LogP contribution in [-0.2, 0) is 6.54 Å². The Hall–Kier alpha value is -0.870. The van der Waals surface area contributed by atoms with Crippen LogP contribution in [0.4, 0.5) is 0 Å². The van der Waals surface area contributed by atoms with E-state index in [1.54, 1.807) is 0 Å². The minimum atomic E-state index is -0.258. The van der Waals surface area contributed by atoms with Gasteiger partial charge in [0, 0.05) is 25.3 Å². The largest absolute Gasteiger partial charge is 0.392 e. The Balaban J connectivity index is 2.35. The number of rotatable bonds is 9. The van der Waals surface area contributed by atoms with E-state index < -0.39 is 0 Å². The molecule has 19 heavy (non-hydrogen) atoms. The third-order valence-electron chi connectivity index (χ3n) is 3.96. The summed E-state index contributed by atoms with van der Waals surface area (Å²) in [4.78, 5) is 0. The molecule has 0 spiro atoms. The molecule has 0 bridgehead atoms. The fourth-order valence-corrected chi connectivity index (χ4v) is 2.25. The molecule has 0 amide bonds.